The van der Waals surface area contributed by atoms with Crippen LogP contribution in [0.4, 0.5) is 0 Å². The zero-order valence-corrected chi connectivity index (χ0v) is 10.1. The third kappa shape index (κ3) is 2.78. The molecule has 0 aliphatic carbocycles. The van der Waals surface area contributed by atoms with Crippen LogP contribution in [0.25, 0.3) is 0 Å². The molecular weight excluding hydrogens is 206 g/mol. The minimum Gasteiger partial charge on any atom is -0.365 e. The second-order valence-electron chi connectivity index (χ2n) is 3.98. The van der Waals surface area contributed by atoms with E-state index in [0.29, 0.717) is 6.04 Å². The second kappa shape index (κ2) is 4.75. The van der Waals surface area contributed by atoms with Crippen molar-refractivity contribution in [2.45, 2.75) is 39.2 Å². The highest BCUT2D eigenvalue weighted by molar-refractivity contribution is 7.09. The van der Waals surface area contributed by atoms with Gasteiger partial charge in [0.2, 0.25) is 0 Å². The van der Waals surface area contributed by atoms with Crippen LogP contribution in [0.15, 0.2) is 10.4 Å². The summed E-state index contributed by atoms with van der Waals surface area (Å²) >= 11 is 1.72. The average Bonchev–Trinajstić information content (AvgIpc) is 2.66. The maximum Gasteiger partial charge on any atom is 0.115 e. The van der Waals surface area contributed by atoms with Crippen LogP contribution in [0, 0.1) is 6.92 Å². The van der Waals surface area contributed by atoms with Gasteiger partial charge >= 0.3 is 0 Å². The number of nitrogens with one attached hydrogen (secondary N) is 1. The largest absolute Gasteiger partial charge is 0.365 e. The van der Waals surface area contributed by atoms with Gasteiger partial charge in [-0.3, -0.25) is 4.99 Å². The van der Waals surface area contributed by atoms with Crippen LogP contribution >= 0.6 is 11.3 Å². The Labute approximate surface area is 94.7 Å². The highest BCUT2D eigenvalue weighted by Crippen LogP contribution is 2.18. The molecule has 1 aliphatic rings. The van der Waals surface area contributed by atoms with Gasteiger partial charge in [0.25, 0.3) is 0 Å². The van der Waals surface area contributed by atoms with Crippen molar-refractivity contribution < 1.29 is 0 Å². The lowest BCUT2D eigenvalue weighted by Gasteiger charge is -2.17. The van der Waals surface area contributed by atoms with Gasteiger partial charge in [-0.05, 0) is 26.7 Å². The van der Waals surface area contributed by atoms with Crippen molar-refractivity contribution in [2.75, 3.05) is 6.54 Å². The zero-order chi connectivity index (χ0) is 10.7. The summed E-state index contributed by atoms with van der Waals surface area (Å²) in [7, 11) is 0. The molecule has 0 amide bonds. The summed E-state index contributed by atoms with van der Waals surface area (Å²) in [5, 5.41) is 6.69. The first-order valence-corrected chi connectivity index (χ1v) is 6.35. The molecule has 1 aromatic rings. The van der Waals surface area contributed by atoms with E-state index >= 15 is 0 Å². The molecule has 82 valence electrons. The lowest BCUT2D eigenvalue weighted by Crippen LogP contribution is -2.28. The number of nitrogens with zero attached hydrogens (tertiary/aromatic N) is 2. The maximum absolute atomic E-state index is 4.48. The summed E-state index contributed by atoms with van der Waals surface area (Å²) in [4.78, 5) is 8.96. The van der Waals surface area contributed by atoms with Crippen molar-refractivity contribution >= 4 is 17.2 Å². The van der Waals surface area contributed by atoms with E-state index in [1.54, 1.807) is 11.3 Å². The summed E-state index contributed by atoms with van der Waals surface area (Å²) in [5.41, 5.74) is 1.11. The van der Waals surface area contributed by atoms with Crippen molar-refractivity contribution in [3.63, 3.8) is 0 Å². The van der Waals surface area contributed by atoms with Crippen LogP contribution in [0.1, 0.15) is 42.9 Å². The van der Waals surface area contributed by atoms with Gasteiger partial charge < -0.3 is 5.32 Å². The molecular formula is C11H17N3S. The van der Waals surface area contributed by atoms with E-state index < -0.39 is 0 Å². The Bertz CT molecular complexity index is 356. The molecule has 0 radical (unpaired) electrons. The van der Waals surface area contributed by atoms with Crippen molar-refractivity contribution in [3.8, 4) is 0 Å². The Hall–Kier alpha value is -0.900. The normalized spacial score (nSPS) is 18.4. The molecule has 0 saturated heterocycles. The van der Waals surface area contributed by atoms with Crippen LogP contribution in [-0.4, -0.2) is 17.4 Å². The van der Waals surface area contributed by atoms with E-state index in [0.717, 1.165) is 29.5 Å². The van der Waals surface area contributed by atoms with Gasteiger partial charge in [0.1, 0.15) is 5.01 Å². The topological polar surface area (TPSA) is 37.3 Å². The van der Waals surface area contributed by atoms with E-state index in [1.165, 1.54) is 12.8 Å². The van der Waals surface area contributed by atoms with Crippen LogP contribution in [0.3, 0.4) is 0 Å². The predicted octanol–water partition coefficient (Wildman–Crippen LogP) is 2.68. The Kier molecular flexibility index (Phi) is 3.36. The number of hydrogen-bond acceptors (Lipinski definition) is 4. The Morgan fingerprint density at radius 3 is 2.93 bits per heavy atom. The fraction of sp³-hybridized carbons (Fsp3) is 0.636. The zero-order valence-electron chi connectivity index (χ0n) is 9.29. The molecule has 0 aromatic carbocycles. The third-order valence-electron chi connectivity index (χ3n) is 2.51. The SMILES string of the molecule is Cc1csc(C(C)NC2=NCCCC2)n1. The summed E-state index contributed by atoms with van der Waals surface area (Å²) in [5.74, 6) is 1.15. The fourth-order valence-corrected chi connectivity index (χ4v) is 2.50. The second-order valence-corrected chi connectivity index (χ2v) is 4.87. The first-order valence-electron chi connectivity index (χ1n) is 5.47. The van der Waals surface area contributed by atoms with Crippen LogP contribution < -0.4 is 5.32 Å². The van der Waals surface area contributed by atoms with Crippen molar-refractivity contribution in [3.05, 3.63) is 16.1 Å². The molecule has 0 saturated carbocycles. The average molecular weight is 223 g/mol. The van der Waals surface area contributed by atoms with Gasteiger partial charge in [0, 0.05) is 24.0 Å². The predicted molar refractivity (Wildman–Crippen MR) is 64.6 cm³/mol. The lowest BCUT2D eigenvalue weighted by atomic mass is 10.1. The molecule has 2 heterocycles. The number of aliphatic imine (C=N–C) groups is 1. The molecule has 4 heteroatoms. The molecule has 0 spiro atoms. The van der Waals surface area contributed by atoms with Gasteiger partial charge in [0.05, 0.1) is 11.9 Å². The minimum absolute atomic E-state index is 0.292. The lowest BCUT2D eigenvalue weighted by molar-refractivity contribution is 0.652. The monoisotopic (exact) mass is 223 g/mol. The molecule has 0 bridgehead atoms. The number of amidine groups is 1. The van der Waals surface area contributed by atoms with Gasteiger partial charge in [-0.15, -0.1) is 11.3 Å². The van der Waals surface area contributed by atoms with Crippen molar-refractivity contribution in [1.82, 2.24) is 10.3 Å². The van der Waals surface area contributed by atoms with Crippen LogP contribution in [-0.2, 0) is 0 Å². The number of rotatable bonds is 2. The van der Waals surface area contributed by atoms with E-state index in [1.807, 2.05) is 6.92 Å². The first kappa shape index (κ1) is 10.6. The maximum atomic E-state index is 4.48. The van der Waals surface area contributed by atoms with Crippen molar-refractivity contribution in [2.24, 2.45) is 4.99 Å². The Morgan fingerprint density at radius 2 is 2.33 bits per heavy atom. The summed E-state index contributed by atoms with van der Waals surface area (Å²) in [6.07, 6.45) is 3.58. The number of aryl methyl sites for hydroxylation is 1. The molecule has 1 atom stereocenters. The smallest absolute Gasteiger partial charge is 0.115 e. The number of aromatic nitrogens is 1. The molecule has 1 aromatic heterocycles. The molecule has 0 fully saturated rings. The Balaban J connectivity index is 1.97. The third-order valence-corrected chi connectivity index (χ3v) is 3.66. The minimum atomic E-state index is 0.292. The Morgan fingerprint density at radius 1 is 1.47 bits per heavy atom. The van der Waals surface area contributed by atoms with Gasteiger partial charge in [0.15, 0.2) is 0 Å². The summed E-state index contributed by atoms with van der Waals surface area (Å²) in [6.45, 7) is 5.16. The number of thiazole rings is 1. The van der Waals surface area contributed by atoms with Gasteiger partial charge in [-0.2, -0.15) is 0 Å². The summed E-state index contributed by atoms with van der Waals surface area (Å²) in [6, 6.07) is 0.292. The van der Waals surface area contributed by atoms with Gasteiger partial charge in [-0.1, -0.05) is 0 Å². The first-order chi connectivity index (χ1) is 7.25. The van der Waals surface area contributed by atoms with E-state index in [4.69, 9.17) is 0 Å². The van der Waals surface area contributed by atoms with E-state index in [9.17, 15) is 0 Å². The fourth-order valence-electron chi connectivity index (χ4n) is 1.70. The van der Waals surface area contributed by atoms with Crippen LogP contribution in [0.2, 0.25) is 0 Å². The van der Waals surface area contributed by atoms with Gasteiger partial charge in [-0.25, -0.2) is 4.98 Å². The number of hydrogen-bond donors (Lipinski definition) is 1. The molecule has 1 unspecified atom stereocenters. The quantitative estimate of drug-likeness (QED) is 0.837. The molecule has 2 rings (SSSR count). The highest BCUT2D eigenvalue weighted by atomic mass is 32.1. The molecule has 1 N–H and O–H groups in total. The van der Waals surface area contributed by atoms with E-state index in [-0.39, 0.29) is 0 Å². The molecule has 1 aliphatic heterocycles. The highest BCUT2D eigenvalue weighted by Gasteiger charge is 2.12. The standard InChI is InChI=1S/C11H17N3S/c1-8-7-15-11(13-8)9(2)14-10-5-3-4-6-12-10/h7,9H,3-6H2,1-2H3,(H,12,14). The van der Waals surface area contributed by atoms with Crippen molar-refractivity contribution in [1.29, 1.82) is 0 Å². The van der Waals surface area contributed by atoms with Crippen LogP contribution in [0.5, 0.6) is 0 Å². The molecule has 15 heavy (non-hydrogen) atoms. The molecule has 3 nitrogen and oxygen atoms in total. The summed E-state index contributed by atoms with van der Waals surface area (Å²) < 4.78 is 0. The van der Waals surface area contributed by atoms with E-state index in [2.05, 4.69) is 27.6 Å².